The van der Waals surface area contributed by atoms with Gasteiger partial charge in [-0.1, -0.05) is 37.9 Å². The van der Waals surface area contributed by atoms with Gasteiger partial charge in [0.05, 0.1) is 0 Å². The topological polar surface area (TPSA) is 24.1 Å². The maximum absolute atomic E-state index is 3.77. The Labute approximate surface area is 133 Å². The van der Waals surface area contributed by atoms with Crippen molar-refractivity contribution >= 4 is 23.7 Å². The molecule has 1 fully saturated rings. The van der Waals surface area contributed by atoms with Crippen LogP contribution in [0.2, 0.25) is 0 Å². The molecule has 0 radical (unpaired) electrons. The summed E-state index contributed by atoms with van der Waals surface area (Å²) in [5.41, 5.74) is 0. The molecular weight excluding hydrogens is 284 g/mol. The molecule has 0 saturated carbocycles. The molecule has 0 amide bonds. The van der Waals surface area contributed by atoms with E-state index in [1.54, 1.807) is 11.9 Å². The van der Waals surface area contributed by atoms with Crippen LogP contribution in [-0.2, 0) is 0 Å². The smallest absolute Gasteiger partial charge is 0.0162 e. The van der Waals surface area contributed by atoms with Crippen molar-refractivity contribution < 1.29 is 0 Å². The number of rotatable bonds is 8. The van der Waals surface area contributed by atoms with Crippen LogP contribution in [0.5, 0.6) is 0 Å². The SMILES string of the molecule is CC[C@H](CCNSC)SC[C@@H]1CN[C@@H]2C1C=CC[C@@H]2C. The lowest BCUT2D eigenvalue weighted by atomic mass is 9.80. The van der Waals surface area contributed by atoms with Gasteiger partial charge in [-0.2, -0.15) is 11.8 Å². The van der Waals surface area contributed by atoms with Gasteiger partial charge < -0.3 is 5.32 Å². The first-order valence-electron chi connectivity index (χ1n) is 8.03. The van der Waals surface area contributed by atoms with Crippen molar-refractivity contribution in [1.29, 1.82) is 0 Å². The molecule has 1 saturated heterocycles. The Hall–Kier alpha value is 0.360. The number of fused-ring (bicyclic) bond motifs is 1. The summed E-state index contributed by atoms with van der Waals surface area (Å²) in [6.07, 6.45) is 10.9. The number of allylic oxidation sites excluding steroid dienone is 1. The summed E-state index contributed by atoms with van der Waals surface area (Å²) < 4.78 is 3.37. The van der Waals surface area contributed by atoms with Crippen LogP contribution in [0.3, 0.4) is 0 Å². The molecule has 2 aliphatic rings. The second-order valence-corrected chi connectivity index (χ2v) is 8.19. The fourth-order valence-corrected chi connectivity index (χ4v) is 5.17. The first kappa shape index (κ1) is 16.7. The van der Waals surface area contributed by atoms with E-state index in [-0.39, 0.29) is 0 Å². The highest BCUT2D eigenvalue weighted by atomic mass is 32.2. The van der Waals surface area contributed by atoms with Gasteiger partial charge in [0.25, 0.3) is 0 Å². The molecule has 2 nitrogen and oxygen atoms in total. The summed E-state index contributed by atoms with van der Waals surface area (Å²) in [6, 6.07) is 0.740. The van der Waals surface area contributed by atoms with E-state index in [9.17, 15) is 0 Å². The van der Waals surface area contributed by atoms with Crippen molar-refractivity contribution in [1.82, 2.24) is 10.0 Å². The van der Waals surface area contributed by atoms with Crippen molar-refractivity contribution in [2.45, 2.75) is 44.4 Å². The van der Waals surface area contributed by atoms with Crippen molar-refractivity contribution in [3.63, 3.8) is 0 Å². The van der Waals surface area contributed by atoms with Gasteiger partial charge in [-0.15, -0.1) is 0 Å². The first-order chi connectivity index (χ1) is 9.76. The van der Waals surface area contributed by atoms with Crippen molar-refractivity contribution in [2.75, 3.05) is 25.1 Å². The Balaban J connectivity index is 1.75. The first-order valence-corrected chi connectivity index (χ1v) is 10.3. The van der Waals surface area contributed by atoms with Gasteiger partial charge in [0.15, 0.2) is 0 Å². The highest BCUT2D eigenvalue weighted by molar-refractivity contribution is 7.99. The Morgan fingerprint density at radius 3 is 3.05 bits per heavy atom. The van der Waals surface area contributed by atoms with Crippen LogP contribution >= 0.6 is 23.7 Å². The van der Waals surface area contributed by atoms with Crippen molar-refractivity contribution in [3.05, 3.63) is 12.2 Å². The van der Waals surface area contributed by atoms with Crippen LogP contribution in [0.4, 0.5) is 0 Å². The molecule has 2 rings (SSSR count). The average molecular weight is 315 g/mol. The minimum Gasteiger partial charge on any atom is -0.313 e. The maximum atomic E-state index is 3.77. The standard InChI is InChI=1S/C16H30N2S2/c1-4-14(8-9-18-19-3)20-11-13-10-17-16-12(2)6-5-7-15(13)16/h5,7,12-18H,4,6,8-11H2,1-3H3/t12-,13-,14+,15?,16-/m0/s1. The van der Waals surface area contributed by atoms with Gasteiger partial charge in [-0.3, -0.25) is 4.72 Å². The second kappa shape index (κ2) is 8.72. The predicted octanol–water partition coefficient (Wildman–Crippen LogP) is 3.56. The summed E-state index contributed by atoms with van der Waals surface area (Å²) in [5.74, 6) is 3.76. The maximum Gasteiger partial charge on any atom is 0.0162 e. The summed E-state index contributed by atoms with van der Waals surface area (Å²) in [5, 5.41) is 4.59. The molecule has 1 heterocycles. The third kappa shape index (κ3) is 4.43. The molecule has 1 aliphatic heterocycles. The van der Waals surface area contributed by atoms with Gasteiger partial charge in [0, 0.05) is 17.8 Å². The lowest BCUT2D eigenvalue weighted by molar-refractivity contribution is 0.338. The van der Waals surface area contributed by atoms with Crippen molar-refractivity contribution in [3.8, 4) is 0 Å². The Bertz CT molecular complexity index is 309. The molecule has 4 heteroatoms. The monoisotopic (exact) mass is 314 g/mol. The minimum absolute atomic E-state index is 0.740. The van der Waals surface area contributed by atoms with E-state index in [1.807, 2.05) is 0 Å². The Morgan fingerprint density at radius 2 is 2.30 bits per heavy atom. The molecule has 5 atom stereocenters. The fraction of sp³-hybridized carbons (Fsp3) is 0.875. The zero-order chi connectivity index (χ0) is 14.4. The highest BCUT2D eigenvalue weighted by Crippen LogP contribution is 2.36. The summed E-state index contributed by atoms with van der Waals surface area (Å²) in [4.78, 5) is 0. The van der Waals surface area contributed by atoms with Crippen molar-refractivity contribution in [2.24, 2.45) is 17.8 Å². The van der Waals surface area contributed by atoms with E-state index in [4.69, 9.17) is 0 Å². The van der Waals surface area contributed by atoms with Gasteiger partial charge in [0.1, 0.15) is 0 Å². The second-order valence-electron chi connectivity index (χ2n) is 6.16. The van der Waals surface area contributed by atoms with E-state index in [2.05, 4.69) is 54.1 Å². The van der Waals surface area contributed by atoms with E-state index in [1.165, 1.54) is 31.6 Å². The van der Waals surface area contributed by atoms with Gasteiger partial charge in [-0.25, -0.2) is 0 Å². The quantitative estimate of drug-likeness (QED) is 0.406. The summed E-state index contributed by atoms with van der Waals surface area (Å²) in [6.45, 7) is 7.08. The number of hydrogen-bond acceptors (Lipinski definition) is 4. The van der Waals surface area contributed by atoms with Crippen LogP contribution in [0.15, 0.2) is 12.2 Å². The fourth-order valence-electron chi connectivity index (χ4n) is 3.46. The number of thioether (sulfide) groups is 1. The molecule has 1 aliphatic carbocycles. The molecular formula is C16H30N2S2. The van der Waals surface area contributed by atoms with Gasteiger partial charge in [-0.05, 0) is 55.6 Å². The average Bonchev–Trinajstić information content (AvgIpc) is 2.87. The molecule has 20 heavy (non-hydrogen) atoms. The van der Waals surface area contributed by atoms with E-state index in [0.29, 0.717) is 0 Å². The van der Waals surface area contributed by atoms with Crippen LogP contribution in [0.25, 0.3) is 0 Å². The lowest BCUT2D eigenvalue weighted by Crippen LogP contribution is -2.35. The van der Waals surface area contributed by atoms with E-state index in [0.717, 1.165) is 35.6 Å². The number of nitrogens with one attached hydrogen (secondary N) is 2. The zero-order valence-corrected chi connectivity index (χ0v) is 14.7. The predicted molar refractivity (Wildman–Crippen MR) is 94.4 cm³/mol. The molecule has 0 aromatic rings. The van der Waals surface area contributed by atoms with Crippen LogP contribution < -0.4 is 10.0 Å². The summed E-state index contributed by atoms with van der Waals surface area (Å²) in [7, 11) is 0. The highest BCUT2D eigenvalue weighted by Gasteiger charge is 2.38. The molecule has 1 unspecified atom stereocenters. The molecule has 0 bridgehead atoms. The third-order valence-electron chi connectivity index (χ3n) is 4.77. The van der Waals surface area contributed by atoms with E-state index < -0.39 is 0 Å². The van der Waals surface area contributed by atoms with Gasteiger partial charge >= 0.3 is 0 Å². The Morgan fingerprint density at radius 1 is 1.45 bits per heavy atom. The van der Waals surface area contributed by atoms with Crippen LogP contribution in [0, 0.1) is 17.8 Å². The number of hydrogen-bond donors (Lipinski definition) is 2. The largest absolute Gasteiger partial charge is 0.313 e. The third-order valence-corrected chi connectivity index (χ3v) is 6.92. The molecule has 0 aromatic heterocycles. The van der Waals surface area contributed by atoms with Gasteiger partial charge in [0.2, 0.25) is 0 Å². The normalized spacial score (nSPS) is 34.1. The molecule has 0 spiro atoms. The summed E-state index contributed by atoms with van der Waals surface area (Å²) >= 11 is 3.94. The lowest BCUT2D eigenvalue weighted by Gasteiger charge is -2.29. The van der Waals surface area contributed by atoms with Crippen LogP contribution in [-0.4, -0.2) is 36.4 Å². The van der Waals surface area contributed by atoms with Crippen LogP contribution in [0.1, 0.15) is 33.1 Å². The minimum atomic E-state index is 0.740. The molecule has 0 aromatic carbocycles. The Kier molecular flexibility index (Phi) is 7.29. The molecule has 2 N–H and O–H groups in total. The molecule has 116 valence electrons. The zero-order valence-electron chi connectivity index (χ0n) is 13.1. The van der Waals surface area contributed by atoms with E-state index >= 15 is 0 Å².